The van der Waals surface area contributed by atoms with Crippen LogP contribution in [-0.2, 0) is 16.2 Å². The van der Waals surface area contributed by atoms with Gasteiger partial charge in [0, 0.05) is 15.7 Å². The van der Waals surface area contributed by atoms with Crippen LogP contribution in [0.15, 0.2) is 70.8 Å². The summed E-state index contributed by atoms with van der Waals surface area (Å²) in [6, 6.07) is 16.1. The average molecular weight is 582 g/mol. The van der Waals surface area contributed by atoms with Crippen LogP contribution >= 0.6 is 15.9 Å². The molecule has 4 rings (SSSR count). The molecule has 1 saturated heterocycles. The van der Waals surface area contributed by atoms with Gasteiger partial charge < -0.3 is 20.1 Å². The molecule has 0 radical (unpaired) electrons. The standard InChI is InChI=1S/C28H25BrFN3O5/c1-3-37-24-13-19(21(29)14-25(24)38-16-18-8-4-5-10-22(18)30)12-23-27(35)33(28(36)32-23)15-26(34)31-20-9-6-7-17(2)11-20/h4-14H,3,15-16H2,1-2H3,(H,31,34)(H,32,36)/b23-12+. The highest BCUT2D eigenvalue weighted by Crippen LogP contribution is 2.36. The molecule has 1 aliphatic rings. The second-order valence-electron chi connectivity index (χ2n) is 8.43. The Morgan fingerprint density at radius 1 is 1.08 bits per heavy atom. The number of halogens is 2. The monoisotopic (exact) mass is 581 g/mol. The molecule has 196 valence electrons. The quantitative estimate of drug-likeness (QED) is 0.260. The van der Waals surface area contributed by atoms with Crippen LogP contribution in [0.4, 0.5) is 14.9 Å². The van der Waals surface area contributed by atoms with Crippen molar-refractivity contribution >= 4 is 45.5 Å². The summed E-state index contributed by atoms with van der Waals surface area (Å²) in [4.78, 5) is 38.7. The normalized spacial score (nSPS) is 14.0. The summed E-state index contributed by atoms with van der Waals surface area (Å²) in [5.41, 5.74) is 2.46. The number of hydrogen-bond donors (Lipinski definition) is 2. The van der Waals surface area contributed by atoms with Gasteiger partial charge in [0.2, 0.25) is 5.91 Å². The van der Waals surface area contributed by atoms with E-state index in [1.165, 1.54) is 12.1 Å². The maximum atomic E-state index is 14.0. The molecule has 4 amide bonds. The highest BCUT2D eigenvalue weighted by molar-refractivity contribution is 9.10. The second-order valence-corrected chi connectivity index (χ2v) is 9.29. The molecule has 0 aliphatic carbocycles. The Balaban J connectivity index is 1.50. The summed E-state index contributed by atoms with van der Waals surface area (Å²) in [5.74, 6) is -0.764. The predicted octanol–water partition coefficient (Wildman–Crippen LogP) is 5.41. The van der Waals surface area contributed by atoms with Gasteiger partial charge in [0.25, 0.3) is 5.91 Å². The highest BCUT2D eigenvalue weighted by atomic mass is 79.9. The lowest BCUT2D eigenvalue weighted by molar-refractivity contribution is -0.127. The van der Waals surface area contributed by atoms with Gasteiger partial charge in [-0.15, -0.1) is 0 Å². The Morgan fingerprint density at radius 3 is 2.58 bits per heavy atom. The van der Waals surface area contributed by atoms with Crippen LogP contribution < -0.4 is 20.1 Å². The lowest BCUT2D eigenvalue weighted by atomic mass is 10.1. The number of urea groups is 1. The number of amides is 4. The molecule has 1 aliphatic heterocycles. The predicted molar refractivity (Wildman–Crippen MR) is 144 cm³/mol. The summed E-state index contributed by atoms with van der Waals surface area (Å²) in [5, 5.41) is 5.20. The first kappa shape index (κ1) is 26.9. The van der Waals surface area contributed by atoms with Crippen LogP contribution in [0, 0.1) is 12.7 Å². The minimum Gasteiger partial charge on any atom is -0.490 e. The summed E-state index contributed by atoms with van der Waals surface area (Å²) < 4.78 is 26.1. The lowest BCUT2D eigenvalue weighted by Gasteiger charge is -2.14. The van der Waals surface area contributed by atoms with E-state index in [1.54, 1.807) is 55.5 Å². The third-order valence-electron chi connectivity index (χ3n) is 5.57. The van der Waals surface area contributed by atoms with Gasteiger partial charge in [-0.3, -0.25) is 9.59 Å². The highest BCUT2D eigenvalue weighted by Gasteiger charge is 2.35. The Hall–Kier alpha value is -4.18. The zero-order valence-corrected chi connectivity index (χ0v) is 22.3. The molecule has 0 atom stereocenters. The molecule has 0 bridgehead atoms. The minimum atomic E-state index is -0.702. The first-order valence-corrected chi connectivity index (χ1v) is 12.6. The number of carbonyl (C=O) groups excluding carboxylic acids is 3. The third kappa shape index (κ3) is 6.38. The van der Waals surface area contributed by atoms with Crippen LogP contribution in [0.1, 0.15) is 23.6 Å². The van der Waals surface area contributed by atoms with E-state index in [2.05, 4.69) is 26.6 Å². The van der Waals surface area contributed by atoms with Gasteiger partial charge in [-0.1, -0.05) is 46.3 Å². The maximum Gasteiger partial charge on any atom is 0.329 e. The Morgan fingerprint density at radius 2 is 1.84 bits per heavy atom. The molecule has 3 aromatic rings. The molecule has 0 aromatic heterocycles. The minimum absolute atomic E-state index is 0.00142. The molecule has 0 saturated carbocycles. The first-order chi connectivity index (χ1) is 18.2. The number of carbonyl (C=O) groups is 3. The number of rotatable bonds is 9. The van der Waals surface area contributed by atoms with Gasteiger partial charge in [-0.05, 0) is 61.4 Å². The number of nitrogens with one attached hydrogen (secondary N) is 2. The van der Waals surface area contributed by atoms with E-state index >= 15 is 0 Å². The molecular weight excluding hydrogens is 557 g/mol. The number of imide groups is 1. The Kier molecular flexibility index (Phi) is 8.42. The maximum absolute atomic E-state index is 14.0. The molecule has 3 aromatic carbocycles. The van der Waals surface area contributed by atoms with Crippen molar-refractivity contribution in [1.82, 2.24) is 10.2 Å². The third-order valence-corrected chi connectivity index (χ3v) is 6.26. The number of hydrogen-bond acceptors (Lipinski definition) is 5. The van der Waals surface area contributed by atoms with Gasteiger partial charge in [-0.25, -0.2) is 14.1 Å². The summed E-state index contributed by atoms with van der Waals surface area (Å²) in [6.07, 6.45) is 1.48. The van der Waals surface area contributed by atoms with Gasteiger partial charge in [-0.2, -0.15) is 0 Å². The van der Waals surface area contributed by atoms with Gasteiger partial charge in [0.15, 0.2) is 11.5 Å². The topological polar surface area (TPSA) is 97.0 Å². The van der Waals surface area contributed by atoms with E-state index in [0.29, 0.717) is 39.4 Å². The van der Waals surface area contributed by atoms with Crippen molar-refractivity contribution in [1.29, 1.82) is 0 Å². The molecule has 2 N–H and O–H groups in total. The van der Waals surface area contributed by atoms with E-state index in [1.807, 2.05) is 13.0 Å². The Bertz CT molecular complexity index is 1430. The molecule has 10 heteroatoms. The van der Waals surface area contributed by atoms with Gasteiger partial charge in [0.05, 0.1) is 6.61 Å². The van der Waals surface area contributed by atoms with Crippen LogP contribution in [-0.4, -0.2) is 35.9 Å². The number of aryl methyl sites for hydroxylation is 1. The van der Waals surface area contributed by atoms with Crippen molar-refractivity contribution in [3.63, 3.8) is 0 Å². The number of nitrogens with zero attached hydrogens (tertiary/aromatic N) is 1. The van der Waals surface area contributed by atoms with Crippen LogP contribution in [0.25, 0.3) is 6.08 Å². The second kappa shape index (κ2) is 11.9. The summed E-state index contributed by atoms with van der Waals surface area (Å²) >= 11 is 3.46. The van der Waals surface area contributed by atoms with E-state index in [0.717, 1.165) is 10.5 Å². The summed E-state index contributed by atoms with van der Waals surface area (Å²) in [6.45, 7) is 3.59. The molecular formula is C28H25BrFN3O5. The fourth-order valence-corrected chi connectivity index (χ4v) is 4.19. The average Bonchev–Trinajstić information content (AvgIpc) is 3.13. The van der Waals surface area contributed by atoms with Crippen LogP contribution in [0.5, 0.6) is 11.5 Å². The SMILES string of the molecule is CCOc1cc(/C=C2/NC(=O)N(CC(=O)Nc3cccc(C)c3)C2=O)c(Br)cc1OCc1ccccc1F. The first-order valence-electron chi connectivity index (χ1n) is 11.8. The van der Waals surface area contributed by atoms with Crippen molar-refractivity contribution in [2.45, 2.75) is 20.5 Å². The fraction of sp³-hybridized carbons (Fsp3) is 0.179. The van der Waals surface area contributed by atoms with E-state index in [9.17, 15) is 18.8 Å². The fourth-order valence-electron chi connectivity index (χ4n) is 3.75. The number of anilines is 1. The largest absolute Gasteiger partial charge is 0.490 e. The van der Waals surface area contributed by atoms with Crippen LogP contribution in [0.2, 0.25) is 0 Å². The molecule has 0 spiro atoms. The van der Waals surface area contributed by atoms with E-state index in [-0.39, 0.29) is 18.1 Å². The van der Waals surface area contributed by atoms with Gasteiger partial charge >= 0.3 is 6.03 Å². The molecule has 1 fully saturated rings. The Labute approximate surface area is 227 Å². The molecule has 0 unspecified atom stereocenters. The lowest BCUT2D eigenvalue weighted by Crippen LogP contribution is -2.38. The van der Waals surface area contributed by atoms with E-state index < -0.39 is 24.4 Å². The van der Waals surface area contributed by atoms with Crippen molar-refractivity contribution in [2.75, 3.05) is 18.5 Å². The zero-order chi connectivity index (χ0) is 27.2. The van der Waals surface area contributed by atoms with Crippen molar-refractivity contribution in [2.24, 2.45) is 0 Å². The van der Waals surface area contributed by atoms with Crippen molar-refractivity contribution in [3.05, 3.63) is 93.3 Å². The zero-order valence-electron chi connectivity index (χ0n) is 20.7. The molecule has 1 heterocycles. The van der Waals surface area contributed by atoms with Crippen LogP contribution in [0.3, 0.4) is 0 Å². The van der Waals surface area contributed by atoms with Crippen molar-refractivity contribution in [3.8, 4) is 11.5 Å². The van der Waals surface area contributed by atoms with Crippen molar-refractivity contribution < 1.29 is 28.2 Å². The summed E-state index contributed by atoms with van der Waals surface area (Å²) in [7, 11) is 0. The van der Waals surface area contributed by atoms with Gasteiger partial charge in [0.1, 0.15) is 24.7 Å². The molecule has 38 heavy (non-hydrogen) atoms. The smallest absolute Gasteiger partial charge is 0.329 e. The molecule has 8 nitrogen and oxygen atoms in total. The number of ether oxygens (including phenoxy) is 2. The number of benzene rings is 3. The van der Waals surface area contributed by atoms with E-state index in [4.69, 9.17) is 9.47 Å².